The number of hydrogen-bond acceptors (Lipinski definition) is 4. The van der Waals surface area contributed by atoms with Gasteiger partial charge in [0.25, 0.3) is 0 Å². The molecular weight excluding hydrogens is 290 g/mol. The molecule has 2 N–H and O–H groups in total. The van der Waals surface area contributed by atoms with Crippen LogP contribution < -0.4 is 10.5 Å². The predicted molar refractivity (Wildman–Crippen MR) is 64.8 cm³/mol. The molecule has 108 valence electrons. The third-order valence-corrected chi connectivity index (χ3v) is 2.53. The Labute approximate surface area is 116 Å². The second-order valence-electron chi connectivity index (χ2n) is 3.93. The molecule has 0 atom stereocenters. The molecule has 0 saturated heterocycles. The van der Waals surface area contributed by atoms with Crippen molar-refractivity contribution in [3.63, 3.8) is 0 Å². The van der Waals surface area contributed by atoms with Gasteiger partial charge in [-0.2, -0.15) is 18.4 Å². The molecular formula is C13H7F4N3O. The number of halogens is 4. The van der Waals surface area contributed by atoms with E-state index in [1.165, 1.54) is 12.3 Å². The van der Waals surface area contributed by atoms with Gasteiger partial charge in [0.1, 0.15) is 23.3 Å². The zero-order chi connectivity index (χ0) is 15.6. The molecule has 0 bridgehead atoms. The standard InChI is InChI=1S/C13H7F4N3O/c14-10-2-1-8(5-9(10)13(15,16)17)21-12-11(19)7(6-18)3-4-20-12/h1-5H,19H2. The minimum Gasteiger partial charge on any atom is -0.437 e. The molecule has 0 aliphatic carbocycles. The highest BCUT2D eigenvalue weighted by molar-refractivity contribution is 5.60. The van der Waals surface area contributed by atoms with Crippen LogP contribution in [0.5, 0.6) is 11.6 Å². The van der Waals surface area contributed by atoms with Crippen molar-refractivity contribution < 1.29 is 22.3 Å². The van der Waals surface area contributed by atoms with Gasteiger partial charge in [0.2, 0.25) is 5.88 Å². The van der Waals surface area contributed by atoms with Crippen LogP contribution in [0.2, 0.25) is 0 Å². The predicted octanol–water partition coefficient (Wildman–Crippen LogP) is 3.49. The Hall–Kier alpha value is -2.82. The smallest absolute Gasteiger partial charge is 0.419 e. The van der Waals surface area contributed by atoms with Crippen LogP contribution in [0.3, 0.4) is 0 Å². The van der Waals surface area contributed by atoms with Crippen LogP contribution in [0.25, 0.3) is 0 Å². The van der Waals surface area contributed by atoms with E-state index in [0.717, 1.165) is 6.07 Å². The van der Waals surface area contributed by atoms with Gasteiger partial charge < -0.3 is 10.5 Å². The SMILES string of the molecule is N#Cc1ccnc(Oc2ccc(F)c(C(F)(F)F)c2)c1N. The molecule has 0 spiro atoms. The molecule has 0 radical (unpaired) electrons. The van der Waals surface area contributed by atoms with E-state index >= 15 is 0 Å². The van der Waals surface area contributed by atoms with Crippen molar-refractivity contribution in [3.05, 3.63) is 47.4 Å². The van der Waals surface area contributed by atoms with Crippen molar-refractivity contribution in [2.24, 2.45) is 0 Å². The minimum absolute atomic E-state index is 0.0677. The van der Waals surface area contributed by atoms with Crippen LogP contribution in [0.1, 0.15) is 11.1 Å². The third-order valence-electron chi connectivity index (χ3n) is 2.53. The number of aromatic nitrogens is 1. The quantitative estimate of drug-likeness (QED) is 0.861. The number of alkyl halides is 3. The zero-order valence-electron chi connectivity index (χ0n) is 10.3. The number of rotatable bonds is 2. The van der Waals surface area contributed by atoms with E-state index in [0.29, 0.717) is 12.1 Å². The molecule has 8 heteroatoms. The van der Waals surface area contributed by atoms with Crippen LogP contribution in [0.15, 0.2) is 30.5 Å². The van der Waals surface area contributed by atoms with Crippen molar-refractivity contribution in [3.8, 4) is 17.7 Å². The number of nitriles is 1. The van der Waals surface area contributed by atoms with E-state index < -0.39 is 17.6 Å². The summed E-state index contributed by atoms with van der Waals surface area (Å²) in [4.78, 5) is 3.72. The molecule has 0 amide bonds. The Morgan fingerprint density at radius 2 is 1.95 bits per heavy atom. The first-order valence-corrected chi connectivity index (χ1v) is 5.52. The number of benzene rings is 1. The van der Waals surface area contributed by atoms with E-state index in [9.17, 15) is 17.6 Å². The summed E-state index contributed by atoms with van der Waals surface area (Å²) in [7, 11) is 0. The summed E-state index contributed by atoms with van der Waals surface area (Å²) >= 11 is 0. The summed E-state index contributed by atoms with van der Waals surface area (Å²) in [5, 5.41) is 8.78. The van der Waals surface area contributed by atoms with Crippen LogP contribution in [-0.4, -0.2) is 4.98 Å². The topological polar surface area (TPSA) is 71.9 Å². The molecule has 21 heavy (non-hydrogen) atoms. The highest BCUT2D eigenvalue weighted by atomic mass is 19.4. The fraction of sp³-hybridized carbons (Fsp3) is 0.0769. The van der Waals surface area contributed by atoms with E-state index in [1.54, 1.807) is 6.07 Å². The van der Waals surface area contributed by atoms with Crippen molar-refractivity contribution in [1.29, 1.82) is 5.26 Å². The van der Waals surface area contributed by atoms with Gasteiger partial charge in [0, 0.05) is 6.20 Å². The van der Waals surface area contributed by atoms with Crippen molar-refractivity contribution >= 4 is 5.69 Å². The lowest BCUT2D eigenvalue weighted by Gasteiger charge is -2.11. The summed E-state index contributed by atoms with van der Waals surface area (Å²) in [6, 6.07) is 5.24. The largest absolute Gasteiger partial charge is 0.437 e. The number of nitrogens with two attached hydrogens (primary N) is 1. The summed E-state index contributed by atoms with van der Waals surface area (Å²) in [6.07, 6.45) is -3.63. The summed E-state index contributed by atoms with van der Waals surface area (Å²) in [5.41, 5.74) is 4.08. The lowest BCUT2D eigenvalue weighted by atomic mass is 10.2. The average Bonchev–Trinajstić information content (AvgIpc) is 2.42. The van der Waals surface area contributed by atoms with Crippen molar-refractivity contribution in [2.45, 2.75) is 6.18 Å². The highest BCUT2D eigenvalue weighted by Crippen LogP contribution is 2.35. The molecule has 4 nitrogen and oxygen atoms in total. The molecule has 0 unspecified atom stereocenters. The number of pyridine rings is 1. The molecule has 0 aliphatic rings. The molecule has 1 aromatic heterocycles. The Morgan fingerprint density at radius 3 is 2.57 bits per heavy atom. The Kier molecular flexibility index (Phi) is 3.67. The van der Waals surface area contributed by atoms with Gasteiger partial charge in [-0.25, -0.2) is 9.37 Å². The first-order chi connectivity index (χ1) is 9.82. The average molecular weight is 297 g/mol. The third kappa shape index (κ3) is 3.02. The monoisotopic (exact) mass is 297 g/mol. The Morgan fingerprint density at radius 1 is 1.24 bits per heavy atom. The number of nitrogen functional groups attached to an aromatic ring is 1. The maximum atomic E-state index is 13.1. The van der Waals surface area contributed by atoms with Gasteiger partial charge in [-0.05, 0) is 24.3 Å². The maximum Gasteiger partial charge on any atom is 0.419 e. The molecule has 2 aromatic rings. The Balaban J connectivity index is 2.40. The number of ether oxygens (including phenoxy) is 1. The van der Waals surface area contributed by atoms with E-state index in [-0.39, 0.29) is 22.9 Å². The minimum atomic E-state index is -4.85. The van der Waals surface area contributed by atoms with Gasteiger partial charge in [-0.3, -0.25) is 0 Å². The lowest BCUT2D eigenvalue weighted by molar-refractivity contribution is -0.140. The molecule has 1 heterocycles. The van der Waals surface area contributed by atoms with Crippen molar-refractivity contribution in [2.75, 3.05) is 5.73 Å². The lowest BCUT2D eigenvalue weighted by Crippen LogP contribution is -2.08. The molecule has 1 aromatic carbocycles. The van der Waals surface area contributed by atoms with Gasteiger partial charge in [0.15, 0.2) is 0 Å². The molecule has 0 fully saturated rings. The fourth-order valence-electron chi connectivity index (χ4n) is 1.53. The maximum absolute atomic E-state index is 13.1. The normalized spacial score (nSPS) is 11.0. The van der Waals surface area contributed by atoms with Crippen LogP contribution in [-0.2, 0) is 6.18 Å². The molecule has 0 saturated carbocycles. The van der Waals surface area contributed by atoms with E-state index in [4.69, 9.17) is 15.7 Å². The van der Waals surface area contributed by atoms with Crippen LogP contribution >= 0.6 is 0 Å². The van der Waals surface area contributed by atoms with Gasteiger partial charge in [0.05, 0.1) is 11.1 Å². The number of anilines is 1. The first kappa shape index (κ1) is 14.6. The number of hydrogen-bond donors (Lipinski definition) is 1. The molecule has 0 aliphatic heterocycles. The summed E-state index contributed by atoms with van der Waals surface area (Å²) < 4.78 is 56.0. The van der Waals surface area contributed by atoms with E-state index in [2.05, 4.69) is 4.98 Å². The second-order valence-corrected chi connectivity index (χ2v) is 3.93. The van der Waals surface area contributed by atoms with Gasteiger partial charge >= 0.3 is 6.18 Å². The van der Waals surface area contributed by atoms with Crippen molar-refractivity contribution in [1.82, 2.24) is 4.98 Å². The second kappa shape index (κ2) is 5.28. The van der Waals surface area contributed by atoms with Gasteiger partial charge in [-0.1, -0.05) is 0 Å². The summed E-state index contributed by atoms with van der Waals surface area (Å²) in [5.74, 6) is -1.94. The molecule has 2 rings (SSSR count). The van der Waals surface area contributed by atoms with Crippen LogP contribution in [0.4, 0.5) is 23.2 Å². The fourth-order valence-corrected chi connectivity index (χ4v) is 1.53. The van der Waals surface area contributed by atoms with E-state index in [1.807, 2.05) is 0 Å². The zero-order valence-corrected chi connectivity index (χ0v) is 10.3. The van der Waals surface area contributed by atoms with Gasteiger partial charge in [-0.15, -0.1) is 0 Å². The Bertz CT molecular complexity index is 722. The number of nitrogens with zero attached hydrogens (tertiary/aromatic N) is 2. The highest BCUT2D eigenvalue weighted by Gasteiger charge is 2.34. The first-order valence-electron chi connectivity index (χ1n) is 5.52. The summed E-state index contributed by atoms with van der Waals surface area (Å²) in [6.45, 7) is 0. The van der Waals surface area contributed by atoms with Crippen LogP contribution in [0, 0.1) is 17.1 Å².